The van der Waals surface area contributed by atoms with Crippen molar-refractivity contribution in [3.63, 3.8) is 0 Å². The summed E-state index contributed by atoms with van der Waals surface area (Å²) < 4.78 is 6.70. The van der Waals surface area contributed by atoms with Crippen molar-refractivity contribution in [2.75, 3.05) is 13.2 Å². The van der Waals surface area contributed by atoms with Gasteiger partial charge in [0, 0.05) is 18.7 Å². The van der Waals surface area contributed by atoms with Gasteiger partial charge >= 0.3 is 0 Å². The molecule has 1 fully saturated rings. The summed E-state index contributed by atoms with van der Waals surface area (Å²) in [6, 6.07) is 0. The Morgan fingerprint density at radius 2 is 2.64 bits per heavy atom. The molecular formula is C9H11ClN2O2. The zero-order chi connectivity index (χ0) is 9.97. The van der Waals surface area contributed by atoms with Gasteiger partial charge in [0.15, 0.2) is 5.78 Å². The predicted octanol–water partition coefficient (Wildman–Crippen LogP) is 1.14. The summed E-state index contributed by atoms with van der Waals surface area (Å²) in [5, 5.41) is 4.51. The summed E-state index contributed by atoms with van der Waals surface area (Å²) in [6.07, 6.45) is 4.00. The van der Waals surface area contributed by atoms with Gasteiger partial charge < -0.3 is 4.74 Å². The molecule has 0 spiro atoms. The van der Waals surface area contributed by atoms with Gasteiger partial charge in [0.2, 0.25) is 0 Å². The van der Waals surface area contributed by atoms with E-state index < -0.39 is 0 Å². The van der Waals surface area contributed by atoms with E-state index >= 15 is 0 Å². The lowest BCUT2D eigenvalue weighted by Crippen LogP contribution is -2.20. The van der Waals surface area contributed by atoms with Crippen LogP contribution in [-0.4, -0.2) is 28.8 Å². The number of aromatic nitrogens is 2. The van der Waals surface area contributed by atoms with Crippen LogP contribution in [0.2, 0.25) is 5.02 Å². The number of hydrogen-bond donors (Lipinski definition) is 0. The van der Waals surface area contributed by atoms with Gasteiger partial charge in [0.25, 0.3) is 0 Å². The Morgan fingerprint density at radius 3 is 3.21 bits per heavy atom. The largest absolute Gasteiger partial charge is 0.381 e. The van der Waals surface area contributed by atoms with Crippen LogP contribution in [0.25, 0.3) is 0 Å². The molecule has 0 aliphatic carbocycles. The van der Waals surface area contributed by atoms with Crippen LogP contribution in [0.4, 0.5) is 0 Å². The van der Waals surface area contributed by atoms with Crippen LogP contribution in [0.15, 0.2) is 12.4 Å². The first-order valence-corrected chi connectivity index (χ1v) is 4.92. The van der Waals surface area contributed by atoms with Crippen molar-refractivity contribution in [3.05, 3.63) is 17.4 Å². The lowest BCUT2D eigenvalue weighted by Gasteiger charge is -2.05. The summed E-state index contributed by atoms with van der Waals surface area (Å²) in [4.78, 5) is 11.6. The van der Waals surface area contributed by atoms with Crippen molar-refractivity contribution < 1.29 is 9.53 Å². The quantitative estimate of drug-likeness (QED) is 0.758. The van der Waals surface area contributed by atoms with Gasteiger partial charge in [-0.3, -0.25) is 9.48 Å². The number of rotatable bonds is 3. The Bertz CT molecular complexity index is 331. The third-order valence-corrected chi connectivity index (χ3v) is 2.50. The molecule has 2 rings (SSSR count). The van der Waals surface area contributed by atoms with E-state index in [1.165, 1.54) is 6.20 Å². The van der Waals surface area contributed by atoms with E-state index in [-0.39, 0.29) is 11.7 Å². The molecule has 2 heterocycles. The molecule has 4 nitrogen and oxygen atoms in total. The van der Waals surface area contributed by atoms with Crippen molar-refractivity contribution in [2.24, 2.45) is 5.92 Å². The highest BCUT2D eigenvalue weighted by molar-refractivity contribution is 6.30. The fourth-order valence-electron chi connectivity index (χ4n) is 1.50. The Labute approximate surface area is 86.8 Å². The minimum atomic E-state index is 0.0398. The molecule has 0 radical (unpaired) electrons. The Balaban J connectivity index is 1.93. The second-order valence-corrected chi connectivity index (χ2v) is 3.82. The number of ether oxygens (including phenoxy) is 1. The smallest absolute Gasteiger partial charge is 0.159 e. The van der Waals surface area contributed by atoms with E-state index in [0.29, 0.717) is 24.8 Å². The second kappa shape index (κ2) is 4.11. The van der Waals surface area contributed by atoms with Gasteiger partial charge in [-0.05, 0) is 6.42 Å². The van der Waals surface area contributed by atoms with Crippen molar-refractivity contribution in [3.8, 4) is 0 Å². The molecule has 1 unspecified atom stereocenters. The fraction of sp³-hybridized carbons (Fsp3) is 0.556. The van der Waals surface area contributed by atoms with Crippen molar-refractivity contribution in [2.45, 2.75) is 13.0 Å². The number of Topliss-reactive ketones (excluding diaryl/α,β-unsaturated/α-hetero) is 1. The van der Waals surface area contributed by atoms with E-state index in [1.54, 1.807) is 10.9 Å². The summed E-state index contributed by atoms with van der Waals surface area (Å²) in [7, 11) is 0. The average Bonchev–Trinajstić information content (AvgIpc) is 2.75. The molecule has 1 saturated heterocycles. The fourth-order valence-corrected chi connectivity index (χ4v) is 1.66. The molecular weight excluding hydrogens is 204 g/mol. The number of carbonyl (C=O) groups excluding carboxylic acids is 1. The van der Waals surface area contributed by atoms with E-state index in [4.69, 9.17) is 16.3 Å². The van der Waals surface area contributed by atoms with Gasteiger partial charge in [-0.2, -0.15) is 5.10 Å². The van der Waals surface area contributed by atoms with Crippen LogP contribution in [0.1, 0.15) is 6.42 Å². The molecule has 1 aromatic rings. The topological polar surface area (TPSA) is 44.1 Å². The molecule has 76 valence electrons. The Hall–Kier alpha value is -0.870. The molecule has 14 heavy (non-hydrogen) atoms. The maximum absolute atomic E-state index is 11.6. The Morgan fingerprint density at radius 1 is 1.79 bits per heavy atom. The lowest BCUT2D eigenvalue weighted by atomic mass is 10.0. The molecule has 1 aromatic heterocycles. The normalized spacial score (nSPS) is 21.4. The highest BCUT2D eigenvalue weighted by Gasteiger charge is 2.23. The summed E-state index contributed by atoms with van der Waals surface area (Å²) in [6.45, 7) is 1.53. The van der Waals surface area contributed by atoms with Crippen LogP contribution in [-0.2, 0) is 16.1 Å². The molecule has 1 atom stereocenters. The van der Waals surface area contributed by atoms with Crippen LogP contribution >= 0.6 is 11.6 Å². The van der Waals surface area contributed by atoms with Gasteiger partial charge in [-0.25, -0.2) is 0 Å². The first-order valence-electron chi connectivity index (χ1n) is 4.54. The van der Waals surface area contributed by atoms with Crippen LogP contribution in [0, 0.1) is 5.92 Å². The first-order chi connectivity index (χ1) is 6.75. The predicted molar refractivity (Wildman–Crippen MR) is 51.2 cm³/mol. The maximum Gasteiger partial charge on any atom is 0.159 e. The first kappa shape index (κ1) is 9.68. The van der Waals surface area contributed by atoms with Crippen LogP contribution < -0.4 is 0 Å². The molecule has 0 aromatic carbocycles. The maximum atomic E-state index is 11.6. The molecule has 0 N–H and O–H groups in total. The SMILES string of the molecule is O=C(Cn1cc(Cl)cn1)C1CCOC1. The number of ketones is 1. The second-order valence-electron chi connectivity index (χ2n) is 3.38. The van der Waals surface area contributed by atoms with Gasteiger partial charge in [-0.1, -0.05) is 11.6 Å². The standard InChI is InChI=1S/C9H11ClN2O2/c10-8-3-11-12(4-8)5-9(13)7-1-2-14-6-7/h3-4,7H,1-2,5-6H2. The van der Waals surface area contributed by atoms with E-state index in [1.807, 2.05) is 0 Å². The third-order valence-electron chi connectivity index (χ3n) is 2.30. The monoisotopic (exact) mass is 214 g/mol. The average molecular weight is 215 g/mol. The molecule has 0 bridgehead atoms. The number of hydrogen-bond acceptors (Lipinski definition) is 3. The minimum Gasteiger partial charge on any atom is -0.381 e. The van der Waals surface area contributed by atoms with Crippen LogP contribution in [0.5, 0.6) is 0 Å². The van der Waals surface area contributed by atoms with Crippen molar-refractivity contribution >= 4 is 17.4 Å². The third kappa shape index (κ3) is 2.13. The number of carbonyl (C=O) groups is 1. The van der Waals surface area contributed by atoms with E-state index in [2.05, 4.69) is 5.10 Å². The van der Waals surface area contributed by atoms with E-state index in [9.17, 15) is 4.79 Å². The molecule has 1 aliphatic heterocycles. The summed E-state index contributed by atoms with van der Waals surface area (Å²) in [5.74, 6) is 0.209. The highest BCUT2D eigenvalue weighted by Crippen LogP contribution is 2.14. The van der Waals surface area contributed by atoms with Gasteiger partial charge in [0.05, 0.1) is 24.4 Å². The molecule has 0 amide bonds. The zero-order valence-electron chi connectivity index (χ0n) is 7.65. The molecule has 5 heteroatoms. The highest BCUT2D eigenvalue weighted by atomic mass is 35.5. The summed E-state index contributed by atoms with van der Waals surface area (Å²) >= 11 is 5.68. The molecule has 1 aliphatic rings. The lowest BCUT2D eigenvalue weighted by molar-refractivity contribution is -0.123. The van der Waals surface area contributed by atoms with Crippen molar-refractivity contribution in [1.29, 1.82) is 0 Å². The van der Waals surface area contributed by atoms with E-state index in [0.717, 1.165) is 6.42 Å². The van der Waals surface area contributed by atoms with Gasteiger partial charge in [-0.15, -0.1) is 0 Å². The Kier molecular flexibility index (Phi) is 2.84. The number of nitrogens with zero attached hydrogens (tertiary/aromatic N) is 2. The summed E-state index contributed by atoms with van der Waals surface area (Å²) in [5.41, 5.74) is 0. The van der Waals surface area contributed by atoms with Gasteiger partial charge in [0.1, 0.15) is 0 Å². The number of halogens is 1. The minimum absolute atomic E-state index is 0.0398. The zero-order valence-corrected chi connectivity index (χ0v) is 8.41. The van der Waals surface area contributed by atoms with Crippen molar-refractivity contribution in [1.82, 2.24) is 9.78 Å². The van der Waals surface area contributed by atoms with Crippen LogP contribution in [0.3, 0.4) is 0 Å². The molecule has 0 saturated carbocycles.